The molecule has 2 aromatic rings. The van der Waals surface area contributed by atoms with Crippen molar-refractivity contribution in [1.82, 2.24) is 15.1 Å². The molecule has 0 spiro atoms. The highest BCUT2D eigenvalue weighted by Crippen LogP contribution is 2.37. The minimum Gasteiger partial charge on any atom is -0.480 e. The van der Waals surface area contributed by atoms with Crippen LogP contribution in [0.3, 0.4) is 0 Å². The van der Waals surface area contributed by atoms with Crippen molar-refractivity contribution in [1.29, 1.82) is 0 Å². The van der Waals surface area contributed by atoms with Crippen molar-refractivity contribution in [3.63, 3.8) is 0 Å². The molecular weight excluding hydrogens is 414 g/mol. The number of benzene rings is 2. The van der Waals surface area contributed by atoms with Gasteiger partial charge in [-0.2, -0.15) is 0 Å². The van der Waals surface area contributed by atoms with Gasteiger partial charge in [0.2, 0.25) is 0 Å². The summed E-state index contributed by atoms with van der Waals surface area (Å²) in [5, 5.41) is 3.10. The zero-order valence-corrected chi connectivity index (χ0v) is 18.4. The van der Waals surface area contributed by atoms with Gasteiger partial charge in [-0.15, -0.1) is 12.4 Å². The van der Waals surface area contributed by atoms with Crippen molar-refractivity contribution in [3.05, 3.63) is 65.7 Å². The number of amides is 2. The molecule has 2 aromatic carbocycles. The average molecular weight is 442 g/mol. The molecule has 2 fully saturated rings. The van der Waals surface area contributed by atoms with Gasteiger partial charge in [-0.05, 0) is 24.6 Å². The lowest BCUT2D eigenvalue weighted by Gasteiger charge is -2.40. The first-order valence-electron chi connectivity index (χ1n) is 10.7. The van der Waals surface area contributed by atoms with Gasteiger partial charge in [0.15, 0.2) is 6.10 Å². The fraction of sp³-hybridized carbons (Fsp3) is 0.417. The zero-order valence-electron chi connectivity index (χ0n) is 17.6. The van der Waals surface area contributed by atoms with Gasteiger partial charge in [0.05, 0.1) is 0 Å². The molecule has 3 aliphatic rings. The van der Waals surface area contributed by atoms with E-state index < -0.39 is 6.10 Å². The Bertz CT molecular complexity index is 954. The third kappa shape index (κ3) is 4.02. The van der Waals surface area contributed by atoms with E-state index >= 15 is 0 Å². The number of rotatable bonds is 4. The molecule has 5 atom stereocenters. The van der Waals surface area contributed by atoms with Gasteiger partial charge in [0.25, 0.3) is 11.8 Å². The number of hydrogen-bond donors (Lipinski definition) is 1. The maximum absolute atomic E-state index is 13.0. The molecule has 164 valence electrons. The van der Waals surface area contributed by atoms with E-state index in [-0.39, 0.29) is 42.2 Å². The highest BCUT2D eigenvalue weighted by Gasteiger charge is 2.42. The summed E-state index contributed by atoms with van der Waals surface area (Å²) in [4.78, 5) is 30.3. The molecule has 3 heterocycles. The topological polar surface area (TPSA) is 61.9 Å². The second-order valence-electron chi connectivity index (χ2n) is 8.52. The number of hydrogen-bond acceptors (Lipinski definition) is 4. The van der Waals surface area contributed by atoms with Gasteiger partial charge in [-0.25, -0.2) is 0 Å². The molecule has 6 nitrogen and oxygen atoms in total. The zero-order chi connectivity index (χ0) is 20.7. The number of para-hydroxylation sites is 1. The van der Waals surface area contributed by atoms with Crippen molar-refractivity contribution in [3.8, 4) is 5.75 Å². The van der Waals surface area contributed by atoms with Gasteiger partial charge in [0, 0.05) is 55.3 Å². The van der Waals surface area contributed by atoms with Crippen LogP contribution in [0.25, 0.3) is 0 Å². The first-order chi connectivity index (χ1) is 14.6. The number of fused-ring (bicyclic) bond motifs is 3. The molecule has 7 heteroatoms. The molecule has 31 heavy (non-hydrogen) atoms. The van der Waals surface area contributed by atoms with Crippen LogP contribution in [0.5, 0.6) is 5.75 Å². The number of carbonyl (C=O) groups excluding carboxylic acids is 2. The maximum Gasteiger partial charge on any atom is 0.261 e. The molecule has 0 saturated carbocycles. The number of piperazine rings is 1. The highest BCUT2D eigenvalue weighted by molar-refractivity contribution is 5.94. The van der Waals surface area contributed by atoms with E-state index in [1.54, 1.807) is 0 Å². The molecule has 2 amide bonds. The van der Waals surface area contributed by atoms with Crippen LogP contribution in [0.15, 0.2) is 54.6 Å². The monoisotopic (exact) mass is 441 g/mol. The third-order valence-corrected chi connectivity index (χ3v) is 6.73. The van der Waals surface area contributed by atoms with Gasteiger partial charge < -0.3 is 15.0 Å². The minimum absolute atomic E-state index is 0. The number of nitrogens with one attached hydrogen (secondary N) is 1. The summed E-state index contributed by atoms with van der Waals surface area (Å²) in [7, 11) is 0. The Morgan fingerprint density at radius 3 is 2.58 bits per heavy atom. The SMILES string of the molecule is CC1c2ccccc2OC1C(=O)NCC1CN(C(=O)c2ccccc2)C2CCN1C2.Cl. The maximum atomic E-state index is 13.0. The Hall–Kier alpha value is -2.57. The third-order valence-electron chi connectivity index (χ3n) is 6.73. The van der Waals surface area contributed by atoms with Gasteiger partial charge in [-0.1, -0.05) is 43.3 Å². The van der Waals surface area contributed by atoms with Crippen LogP contribution >= 0.6 is 12.4 Å². The number of ether oxygens (including phenoxy) is 1. The molecular formula is C24H28ClN3O3. The standard InChI is InChI=1S/C24H27N3O3.ClH/c1-16-20-9-5-6-10-21(20)30-22(16)23(28)25-13-19-15-27(18-11-12-26(19)14-18)24(29)17-7-3-2-4-8-17;/h2-10,16,18-19,22H,11-15H2,1H3,(H,25,28);1H. The average Bonchev–Trinajstić information content (AvgIpc) is 3.35. The molecule has 1 N–H and O–H groups in total. The van der Waals surface area contributed by atoms with E-state index in [1.807, 2.05) is 66.4 Å². The van der Waals surface area contributed by atoms with Crippen molar-refractivity contribution in [2.75, 3.05) is 26.2 Å². The molecule has 3 aliphatic heterocycles. The predicted octanol–water partition coefficient (Wildman–Crippen LogP) is 2.69. The molecule has 0 radical (unpaired) electrons. The lowest BCUT2D eigenvalue weighted by molar-refractivity contribution is -0.128. The molecule has 5 rings (SSSR count). The van der Waals surface area contributed by atoms with Gasteiger partial charge in [0.1, 0.15) is 5.75 Å². The van der Waals surface area contributed by atoms with Crippen molar-refractivity contribution < 1.29 is 14.3 Å². The van der Waals surface area contributed by atoms with Crippen molar-refractivity contribution in [2.24, 2.45) is 0 Å². The first kappa shape index (κ1) is 21.7. The smallest absolute Gasteiger partial charge is 0.261 e. The Balaban J connectivity index is 0.00000231. The van der Waals surface area contributed by atoms with E-state index in [0.29, 0.717) is 13.1 Å². The van der Waals surface area contributed by atoms with Gasteiger partial charge >= 0.3 is 0 Å². The Kier molecular flexibility index (Phi) is 6.21. The van der Waals surface area contributed by atoms with E-state index in [4.69, 9.17) is 4.74 Å². The number of nitrogens with zero attached hydrogens (tertiary/aromatic N) is 2. The second kappa shape index (κ2) is 8.89. The first-order valence-corrected chi connectivity index (χ1v) is 10.7. The highest BCUT2D eigenvalue weighted by atomic mass is 35.5. The second-order valence-corrected chi connectivity index (χ2v) is 8.52. The summed E-state index contributed by atoms with van der Waals surface area (Å²) in [5.74, 6) is 0.826. The van der Waals surface area contributed by atoms with E-state index in [2.05, 4.69) is 10.2 Å². The molecule has 5 unspecified atom stereocenters. The molecule has 2 bridgehead atoms. The minimum atomic E-state index is -0.501. The van der Waals surface area contributed by atoms with Crippen molar-refractivity contribution in [2.45, 2.75) is 37.5 Å². The van der Waals surface area contributed by atoms with Crippen LogP contribution in [0.1, 0.15) is 35.2 Å². The summed E-state index contributed by atoms with van der Waals surface area (Å²) in [5.41, 5.74) is 1.81. The summed E-state index contributed by atoms with van der Waals surface area (Å²) in [6.45, 7) is 5.03. The van der Waals surface area contributed by atoms with Crippen LogP contribution in [0.2, 0.25) is 0 Å². The number of carbonyl (C=O) groups is 2. The number of halogens is 1. The Morgan fingerprint density at radius 2 is 1.81 bits per heavy atom. The largest absolute Gasteiger partial charge is 0.480 e. The molecule has 0 aromatic heterocycles. The quantitative estimate of drug-likeness (QED) is 0.792. The summed E-state index contributed by atoms with van der Waals surface area (Å²) >= 11 is 0. The molecule has 0 aliphatic carbocycles. The van der Waals surface area contributed by atoms with Crippen LogP contribution in [0.4, 0.5) is 0 Å². The van der Waals surface area contributed by atoms with E-state index in [0.717, 1.165) is 36.4 Å². The summed E-state index contributed by atoms with van der Waals surface area (Å²) in [6, 6.07) is 17.7. The summed E-state index contributed by atoms with van der Waals surface area (Å²) in [6.07, 6.45) is 0.487. The molecule has 2 saturated heterocycles. The fourth-order valence-corrected chi connectivity index (χ4v) is 5.00. The van der Waals surface area contributed by atoms with Crippen LogP contribution in [-0.4, -0.2) is 66.0 Å². The van der Waals surface area contributed by atoms with Crippen LogP contribution in [-0.2, 0) is 4.79 Å². The lowest BCUT2D eigenvalue weighted by Crippen LogP contribution is -2.58. The lowest BCUT2D eigenvalue weighted by atomic mass is 9.97. The summed E-state index contributed by atoms with van der Waals surface area (Å²) < 4.78 is 5.91. The van der Waals surface area contributed by atoms with E-state index in [1.165, 1.54) is 0 Å². The Labute approximate surface area is 189 Å². The van der Waals surface area contributed by atoms with Gasteiger partial charge in [-0.3, -0.25) is 14.5 Å². The van der Waals surface area contributed by atoms with Crippen molar-refractivity contribution >= 4 is 24.2 Å². The normalized spacial score (nSPS) is 28.3. The van der Waals surface area contributed by atoms with E-state index in [9.17, 15) is 9.59 Å². The Morgan fingerprint density at radius 1 is 1.06 bits per heavy atom. The van der Waals surface area contributed by atoms with Crippen LogP contribution < -0.4 is 10.1 Å². The fourth-order valence-electron chi connectivity index (χ4n) is 5.00. The van der Waals surface area contributed by atoms with Crippen LogP contribution in [0, 0.1) is 0 Å². The predicted molar refractivity (Wildman–Crippen MR) is 121 cm³/mol.